The van der Waals surface area contributed by atoms with Gasteiger partial charge in [0.1, 0.15) is 0 Å². The van der Waals surface area contributed by atoms with Gasteiger partial charge in [-0.1, -0.05) is 55.9 Å². The first-order valence-corrected chi connectivity index (χ1v) is 5.08. The zero-order valence-electron chi connectivity index (χ0n) is 8.75. The molecule has 0 fully saturated rings. The van der Waals surface area contributed by atoms with Gasteiger partial charge in [-0.25, -0.2) is 0 Å². The molecule has 0 spiro atoms. The molecule has 13 heavy (non-hydrogen) atoms. The lowest BCUT2D eigenvalue weighted by molar-refractivity contribution is 0.746. The first-order chi connectivity index (χ1) is 6.36. The Labute approximate surface area is 81.4 Å². The van der Waals surface area contributed by atoms with Crippen LogP contribution in [0.3, 0.4) is 0 Å². The molecule has 1 unspecified atom stereocenters. The Balaban J connectivity index is 0.000000396. The summed E-state index contributed by atoms with van der Waals surface area (Å²) in [5, 5.41) is 0. The lowest BCUT2D eigenvalue weighted by atomic mass is 9.85. The van der Waals surface area contributed by atoms with Crippen LogP contribution in [0.25, 0.3) is 0 Å². The molecule has 0 aromatic heterocycles. The van der Waals surface area contributed by atoms with Crippen LogP contribution in [0.5, 0.6) is 0 Å². The first-order valence-electron chi connectivity index (χ1n) is 5.08. The van der Waals surface area contributed by atoms with Crippen molar-refractivity contribution in [3.05, 3.63) is 47.6 Å². The Morgan fingerprint density at radius 3 is 2.69 bits per heavy atom. The minimum absolute atomic E-state index is 0.657. The van der Waals surface area contributed by atoms with Crippen LogP contribution in [0.4, 0.5) is 0 Å². The number of rotatable bonds is 0. The normalized spacial score (nSPS) is 23.8. The maximum Gasteiger partial charge on any atom is 0.00582 e. The molecule has 0 aromatic rings. The van der Waals surface area contributed by atoms with Crippen LogP contribution in [0.1, 0.15) is 27.2 Å². The van der Waals surface area contributed by atoms with Gasteiger partial charge in [-0.3, -0.25) is 0 Å². The maximum absolute atomic E-state index is 2.28. The molecule has 0 aliphatic heterocycles. The highest BCUT2D eigenvalue weighted by atomic mass is 14.2. The number of hydrogen-bond acceptors (Lipinski definition) is 0. The molecule has 0 saturated heterocycles. The SMILES string of the molecule is CC.CC1=CC=C2C=CC=CC2C1. The predicted molar refractivity (Wildman–Crippen MR) is 59.6 cm³/mol. The van der Waals surface area contributed by atoms with Crippen molar-refractivity contribution >= 4 is 0 Å². The van der Waals surface area contributed by atoms with E-state index in [1.54, 1.807) is 0 Å². The van der Waals surface area contributed by atoms with Crippen molar-refractivity contribution in [2.75, 3.05) is 0 Å². The lowest BCUT2D eigenvalue weighted by Gasteiger charge is -2.20. The van der Waals surface area contributed by atoms with E-state index in [0.29, 0.717) is 5.92 Å². The van der Waals surface area contributed by atoms with Crippen LogP contribution in [0, 0.1) is 5.92 Å². The van der Waals surface area contributed by atoms with Crippen molar-refractivity contribution in [3.8, 4) is 0 Å². The van der Waals surface area contributed by atoms with Gasteiger partial charge in [-0.15, -0.1) is 0 Å². The van der Waals surface area contributed by atoms with Crippen LogP contribution < -0.4 is 0 Å². The van der Waals surface area contributed by atoms with Crippen molar-refractivity contribution in [3.63, 3.8) is 0 Å². The summed E-state index contributed by atoms with van der Waals surface area (Å²) < 4.78 is 0. The fourth-order valence-corrected chi connectivity index (χ4v) is 1.62. The second kappa shape index (κ2) is 4.86. The van der Waals surface area contributed by atoms with Crippen LogP contribution in [-0.4, -0.2) is 0 Å². The van der Waals surface area contributed by atoms with Gasteiger partial charge in [-0.05, 0) is 18.9 Å². The van der Waals surface area contributed by atoms with Crippen LogP contribution in [-0.2, 0) is 0 Å². The molecule has 0 radical (unpaired) electrons. The summed E-state index contributed by atoms with van der Waals surface area (Å²) >= 11 is 0. The topological polar surface area (TPSA) is 0 Å². The zero-order chi connectivity index (χ0) is 9.68. The van der Waals surface area contributed by atoms with E-state index in [4.69, 9.17) is 0 Å². The van der Waals surface area contributed by atoms with E-state index in [9.17, 15) is 0 Å². The molecule has 0 heteroatoms. The molecule has 1 atom stereocenters. The summed E-state index contributed by atoms with van der Waals surface area (Å²) in [6, 6.07) is 0. The molecular weight excluding hydrogens is 156 g/mol. The average molecular weight is 174 g/mol. The third-order valence-electron chi connectivity index (χ3n) is 2.27. The van der Waals surface area contributed by atoms with Gasteiger partial charge in [0.15, 0.2) is 0 Å². The second-order valence-electron chi connectivity index (χ2n) is 3.23. The summed E-state index contributed by atoms with van der Waals surface area (Å²) in [4.78, 5) is 0. The smallest absolute Gasteiger partial charge is 0.00582 e. The summed E-state index contributed by atoms with van der Waals surface area (Å²) in [5.41, 5.74) is 2.94. The van der Waals surface area contributed by atoms with Crippen molar-refractivity contribution in [1.29, 1.82) is 0 Å². The fraction of sp³-hybridized carbons (Fsp3) is 0.385. The first kappa shape index (κ1) is 10.0. The molecule has 0 N–H and O–H groups in total. The van der Waals surface area contributed by atoms with Crippen LogP contribution >= 0.6 is 0 Å². The van der Waals surface area contributed by atoms with E-state index in [-0.39, 0.29) is 0 Å². The highest BCUT2D eigenvalue weighted by Gasteiger charge is 2.13. The summed E-state index contributed by atoms with van der Waals surface area (Å²) in [6.45, 7) is 6.19. The molecule has 70 valence electrons. The van der Waals surface area contributed by atoms with Crippen molar-refractivity contribution in [2.45, 2.75) is 27.2 Å². The van der Waals surface area contributed by atoms with Crippen molar-refractivity contribution in [1.82, 2.24) is 0 Å². The minimum Gasteiger partial charge on any atom is -0.0767 e. The minimum atomic E-state index is 0.657. The van der Waals surface area contributed by atoms with Gasteiger partial charge in [0, 0.05) is 5.92 Å². The largest absolute Gasteiger partial charge is 0.0767 e. The quantitative estimate of drug-likeness (QED) is 0.520. The maximum atomic E-state index is 2.28. The highest BCUT2D eigenvalue weighted by molar-refractivity contribution is 5.39. The average Bonchev–Trinajstić information content (AvgIpc) is 2.21. The Kier molecular flexibility index (Phi) is 3.75. The van der Waals surface area contributed by atoms with Crippen molar-refractivity contribution in [2.24, 2.45) is 5.92 Å². The summed E-state index contributed by atoms with van der Waals surface area (Å²) in [7, 11) is 0. The van der Waals surface area contributed by atoms with E-state index in [1.807, 2.05) is 13.8 Å². The Bertz CT molecular complexity index is 274. The van der Waals surface area contributed by atoms with Crippen LogP contribution in [0.2, 0.25) is 0 Å². The fourth-order valence-electron chi connectivity index (χ4n) is 1.62. The Morgan fingerprint density at radius 2 is 1.92 bits per heavy atom. The molecular formula is C13H18. The van der Waals surface area contributed by atoms with Gasteiger partial charge in [0.05, 0.1) is 0 Å². The second-order valence-corrected chi connectivity index (χ2v) is 3.23. The van der Waals surface area contributed by atoms with E-state index in [2.05, 4.69) is 43.4 Å². The van der Waals surface area contributed by atoms with Gasteiger partial charge >= 0.3 is 0 Å². The predicted octanol–water partition coefficient (Wildman–Crippen LogP) is 4.03. The molecule has 0 saturated carbocycles. The molecule has 2 aliphatic rings. The third kappa shape index (κ3) is 2.45. The molecule has 0 amide bonds. The van der Waals surface area contributed by atoms with E-state index in [1.165, 1.54) is 17.6 Å². The van der Waals surface area contributed by atoms with Gasteiger partial charge in [0.2, 0.25) is 0 Å². The Morgan fingerprint density at radius 1 is 1.15 bits per heavy atom. The van der Waals surface area contributed by atoms with Gasteiger partial charge in [0.25, 0.3) is 0 Å². The molecule has 0 nitrogen and oxygen atoms in total. The number of allylic oxidation sites excluding steroid dienone is 8. The van der Waals surface area contributed by atoms with E-state index in [0.717, 1.165) is 0 Å². The molecule has 0 bridgehead atoms. The van der Waals surface area contributed by atoms with Crippen LogP contribution in [0.15, 0.2) is 47.6 Å². The van der Waals surface area contributed by atoms with Gasteiger partial charge in [-0.2, -0.15) is 0 Å². The molecule has 2 rings (SSSR count). The molecule has 0 aromatic carbocycles. The zero-order valence-corrected chi connectivity index (χ0v) is 8.75. The molecule has 2 aliphatic carbocycles. The number of hydrogen-bond donors (Lipinski definition) is 0. The van der Waals surface area contributed by atoms with Crippen molar-refractivity contribution < 1.29 is 0 Å². The standard InChI is InChI=1S/C11H12.C2H6/c1-9-6-7-10-4-2-3-5-11(10)8-9;1-2/h2-7,11H,8H2,1H3;1-2H3. The molecule has 0 heterocycles. The lowest BCUT2D eigenvalue weighted by Crippen LogP contribution is -2.05. The third-order valence-corrected chi connectivity index (χ3v) is 2.27. The van der Waals surface area contributed by atoms with E-state index < -0.39 is 0 Å². The monoisotopic (exact) mass is 174 g/mol. The Hall–Kier alpha value is -1.04. The van der Waals surface area contributed by atoms with Gasteiger partial charge < -0.3 is 0 Å². The van der Waals surface area contributed by atoms with E-state index >= 15 is 0 Å². The number of fused-ring (bicyclic) bond motifs is 1. The summed E-state index contributed by atoms with van der Waals surface area (Å²) in [6.07, 6.45) is 14.4. The highest BCUT2D eigenvalue weighted by Crippen LogP contribution is 2.28. The summed E-state index contributed by atoms with van der Waals surface area (Å²) in [5.74, 6) is 0.657.